The van der Waals surface area contributed by atoms with Gasteiger partial charge >= 0.3 is 5.97 Å². The number of hydrogen-bond donors (Lipinski definition) is 1. The van der Waals surface area contributed by atoms with Crippen molar-refractivity contribution < 1.29 is 24.2 Å². The number of piperidine rings is 1. The minimum Gasteiger partial charge on any atom is -0.480 e. The molecule has 4 rings (SSSR count). The van der Waals surface area contributed by atoms with Gasteiger partial charge in [0.05, 0.1) is 0 Å². The first-order chi connectivity index (χ1) is 15.9. The van der Waals surface area contributed by atoms with Gasteiger partial charge in [0.15, 0.2) is 0 Å². The average molecular weight is 458 g/mol. The summed E-state index contributed by atoms with van der Waals surface area (Å²) in [5, 5.41) is 8.88. The highest BCUT2D eigenvalue weighted by Crippen LogP contribution is 2.36. The maximum absolute atomic E-state index is 13.2. The molecule has 2 amide bonds. The fraction of sp³-hybridized carbons (Fsp3) is 0.640. The summed E-state index contributed by atoms with van der Waals surface area (Å²) in [5.41, 5.74) is 1.77. The van der Waals surface area contributed by atoms with Crippen LogP contribution in [0, 0.1) is 5.92 Å². The summed E-state index contributed by atoms with van der Waals surface area (Å²) in [6.07, 6.45) is 6.74. The van der Waals surface area contributed by atoms with Gasteiger partial charge in [-0.05, 0) is 49.7 Å². The van der Waals surface area contributed by atoms with Gasteiger partial charge in [0.2, 0.25) is 11.8 Å². The van der Waals surface area contributed by atoms with Crippen LogP contribution in [0.1, 0.15) is 51.0 Å². The number of anilines is 1. The van der Waals surface area contributed by atoms with Crippen molar-refractivity contribution in [2.75, 3.05) is 37.7 Å². The Morgan fingerprint density at radius 2 is 1.79 bits per heavy atom. The van der Waals surface area contributed by atoms with Crippen molar-refractivity contribution in [3.63, 3.8) is 0 Å². The van der Waals surface area contributed by atoms with Crippen LogP contribution in [0.3, 0.4) is 0 Å². The average Bonchev–Trinajstić information content (AvgIpc) is 3.59. The third kappa shape index (κ3) is 6.12. The topological polar surface area (TPSA) is 90.4 Å². The van der Waals surface area contributed by atoms with Gasteiger partial charge in [-0.1, -0.05) is 24.6 Å². The smallest absolute Gasteiger partial charge is 0.329 e. The van der Waals surface area contributed by atoms with Gasteiger partial charge in [0.1, 0.15) is 13.2 Å². The number of carboxylic acids is 1. The zero-order chi connectivity index (χ0) is 23.4. The van der Waals surface area contributed by atoms with Gasteiger partial charge in [-0.2, -0.15) is 0 Å². The van der Waals surface area contributed by atoms with Gasteiger partial charge in [-0.3, -0.25) is 14.5 Å². The van der Waals surface area contributed by atoms with Crippen LogP contribution in [0.25, 0.3) is 0 Å². The maximum Gasteiger partial charge on any atom is 0.329 e. The number of para-hydroxylation sites is 1. The largest absolute Gasteiger partial charge is 0.480 e. The van der Waals surface area contributed by atoms with Gasteiger partial charge < -0.3 is 19.6 Å². The monoisotopic (exact) mass is 457 g/mol. The number of rotatable bonds is 6. The molecule has 8 nitrogen and oxygen atoms in total. The molecule has 1 aliphatic carbocycles. The molecule has 2 fully saturated rings. The van der Waals surface area contributed by atoms with E-state index in [1.165, 1.54) is 12.8 Å². The van der Waals surface area contributed by atoms with E-state index in [9.17, 15) is 14.4 Å². The lowest BCUT2D eigenvalue weighted by Crippen LogP contribution is -2.53. The highest BCUT2D eigenvalue weighted by molar-refractivity contribution is 5.92. The molecule has 0 aromatic heterocycles. The third-order valence-electron chi connectivity index (χ3n) is 7.12. The van der Waals surface area contributed by atoms with Gasteiger partial charge in [-0.25, -0.2) is 4.79 Å². The van der Waals surface area contributed by atoms with Crippen LogP contribution in [0.5, 0.6) is 0 Å². The summed E-state index contributed by atoms with van der Waals surface area (Å²) < 4.78 is 5.15. The lowest BCUT2D eigenvalue weighted by atomic mass is 9.92. The van der Waals surface area contributed by atoms with E-state index in [0.717, 1.165) is 49.4 Å². The van der Waals surface area contributed by atoms with Crippen LogP contribution in [0.15, 0.2) is 24.3 Å². The van der Waals surface area contributed by atoms with Crippen molar-refractivity contribution in [3.05, 3.63) is 29.8 Å². The Balaban J connectivity index is 1.65. The second-order valence-corrected chi connectivity index (χ2v) is 9.63. The number of ether oxygens (including phenoxy) is 1. The van der Waals surface area contributed by atoms with E-state index in [-0.39, 0.29) is 24.5 Å². The molecule has 1 N–H and O–H groups in total. The molecule has 1 saturated carbocycles. The summed E-state index contributed by atoms with van der Waals surface area (Å²) in [5.74, 6) is -0.561. The molecular weight excluding hydrogens is 422 g/mol. The van der Waals surface area contributed by atoms with Crippen molar-refractivity contribution >= 4 is 23.5 Å². The minimum absolute atomic E-state index is 0.00506. The van der Waals surface area contributed by atoms with Gasteiger partial charge in [0.25, 0.3) is 0 Å². The summed E-state index contributed by atoms with van der Waals surface area (Å²) in [6, 6.07) is 8.44. The predicted molar refractivity (Wildman–Crippen MR) is 124 cm³/mol. The molecule has 2 atom stereocenters. The lowest BCUT2D eigenvalue weighted by molar-refractivity contribution is -0.146. The zero-order valence-electron chi connectivity index (χ0n) is 19.4. The molecule has 180 valence electrons. The van der Waals surface area contributed by atoms with Crippen molar-refractivity contribution in [1.82, 2.24) is 9.80 Å². The van der Waals surface area contributed by atoms with Crippen LogP contribution < -0.4 is 4.90 Å². The number of amides is 2. The quantitative estimate of drug-likeness (QED) is 0.706. The molecule has 1 aromatic rings. The Kier molecular flexibility index (Phi) is 7.65. The molecule has 2 unspecified atom stereocenters. The third-order valence-corrected chi connectivity index (χ3v) is 7.12. The van der Waals surface area contributed by atoms with Crippen LogP contribution in [0.4, 0.5) is 5.69 Å². The minimum atomic E-state index is -1.09. The lowest BCUT2D eigenvalue weighted by Gasteiger charge is -2.44. The summed E-state index contributed by atoms with van der Waals surface area (Å²) in [6.45, 7) is 3.53. The van der Waals surface area contributed by atoms with Crippen LogP contribution in [0.2, 0.25) is 0 Å². The fourth-order valence-corrected chi connectivity index (χ4v) is 5.29. The van der Waals surface area contributed by atoms with Crippen LogP contribution in [-0.2, 0) is 25.7 Å². The van der Waals surface area contributed by atoms with Crippen molar-refractivity contribution in [3.8, 4) is 0 Å². The van der Waals surface area contributed by atoms with Crippen molar-refractivity contribution in [2.24, 2.45) is 5.92 Å². The van der Waals surface area contributed by atoms with Crippen molar-refractivity contribution in [1.29, 1.82) is 0 Å². The fourth-order valence-electron chi connectivity index (χ4n) is 5.29. The Morgan fingerprint density at radius 3 is 2.52 bits per heavy atom. The molecule has 8 heteroatoms. The molecule has 2 bridgehead atoms. The summed E-state index contributed by atoms with van der Waals surface area (Å²) in [7, 11) is 0. The van der Waals surface area contributed by atoms with E-state index >= 15 is 0 Å². The standard InChI is InChI=1S/C25H35N3O5/c1-18(29)27-12-11-21-6-4-7-22(28(21)13-19-9-10-19)15-26(24(30)16-33-17-25(31)32)14-20-5-2-3-8-23(20)27/h2-3,5,8,19,21-22H,4,6-7,9-17H2,1H3,(H,31,32). The number of fused-ring (bicyclic) bond motifs is 3. The number of carboxylic acid groups (broad SMARTS) is 1. The Morgan fingerprint density at radius 1 is 1.03 bits per heavy atom. The van der Waals surface area contributed by atoms with E-state index in [2.05, 4.69) is 4.90 Å². The molecule has 1 saturated heterocycles. The first-order valence-corrected chi connectivity index (χ1v) is 12.1. The van der Waals surface area contributed by atoms with Crippen LogP contribution in [-0.4, -0.2) is 77.6 Å². The number of hydrogen-bond acceptors (Lipinski definition) is 5. The number of benzene rings is 1. The number of carbonyl (C=O) groups excluding carboxylic acids is 2. The molecule has 33 heavy (non-hydrogen) atoms. The summed E-state index contributed by atoms with van der Waals surface area (Å²) in [4.78, 5) is 42.9. The maximum atomic E-state index is 13.2. The number of aliphatic carboxylic acids is 1. The molecule has 2 heterocycles. The number of nitrogens with zero attached hydrogens (tertiary/aromatic N) is 3. The SMILES string of the molecule is CC(=O)N1CCC2CCCC(CN(C(=O)COCC(=O)O)Cc3ccccc31)N2CC1CC1. The van der Waals surface area contributed by atoms with Crippen molar-refractivity contribution in [2.45, 2.75) is 64.1 Å². The zero-order valence-corrected chi connectivity index (χ0v) is 19.4. The molecule has 0 spiro atoms. The van der Waals surface area contributed by atoms with Gasteiger partial charge in [0, 0.05) is 50.9 Å². The normalized spacial score (nSPS) is 24.0. The Bertz CT molecular complexity index is 871. The van der Waals surface area contributed by atoms with E-state index in [1.807, 2.05) is 29.2 Å². The summed E-state index contributed by atoms with van der Waals surface area (Å²) >= 11 is 0. The second kappa shape index (κ2) is 10.7. The molecule has 1 aromatic carbocycles. The number of carbonyl (C=O) groups is 3. The highest BCUT2D eigenvalue weighted by Gasteiger charge is 2.37. The van der Waals surface area contributed by atoms with E-state index < -0.39 is 12.6 Å². The molecule has 3 aliphatic rings. The molecule has 2 aliphatic heterocycles. The van der Waals surface area contributed by atoms with E-state index in [1.54, 1.807) is 11.8 Å². The predicted octanol–water partition coefficient (Wildman–Crippen LogP) is 2.51. The first kappa shape index (κ1) is 23.7. The van der Waals surface area contributed by atoms with E-state index in [0.29, 0.717) is 25.7 Å². The Labute approximate surface area is 195 Å². The molecular formula is C25H35N3O5. The van der Waals surface area contributed by atoms with E-state index in [4.69, 9.17) is 9.84 Å². The Hall–Kier alpha value is -2.45. The van der Waals surface area contributed by atoms with Crippen LogP contribution >= 0.6 is 0 Å². The first-order valence-electron chi connectivity index (χ1n) is 12.1. The van der Waals surface area contributed by atoms with Gasteiger partial charge in [-0.15, -0.1) is 0 Å². The second-order valence-electron chi connectivity index (χ2n) is 9.63. The highest BCUT2D eigenvalue weighted by atomic mass is 16.5. The molecule has 0 radical (unpaired) electrons.